The Kier molecular flexibility index (Phi) is 6.73. The van der Waals surface area contributed by atoms with Gasteiger partial charge in [-0.1, -0.05) is 44.0 Å². The second-order valence-corrected chi connectivity index (χ2v) is 11.9. The summed E-state index contributed by atoms with van der Waals surface area (Å²) in [7, 11) is -3.16. The van der Waals surface area contributed by atoms with E-state index in [0.717, 1.165) is 23.5 Å². The van der Waals surface area contributed by atoms with Crippen molar-refractivity contribution in [2.24, 2.45) is 11.3 Å². The van der Waals surface area contributed by atoms with Crippen LogP contribution in [0.25, 0.3) is 11.1 Å². The molecule has 2 fully saturated rings. The smallest absolute Gasteiger partial charge is 0.175 e. The molecule has 168 valence electrons. The summed E-state index contributed by atoms with van der Waals surface area (Å²) in [5.41, 5.74) is 2.61. The average molecular weight is 442 g/mol. The molecule has 4 nitrogen and oxygen atoms in total. The normalized spacial score (nSPS) is 20.1. The molecule has 2 aromatic rings. The van der Waals surface area contributed by atoms with Gasteiger partial charge in [0.2, 0.25) is 0 Å². The molecule has 1 saturated carbocycles. The maximum absolute atomic E-state index is 11.6. The van der Waals surface area contributed by atoms with E-state index in [4.69, 9.17) is 4.74 Å². The molecule has 0 N–H and O–H groups in total. The monoisotopic (exact) mass is 441 g/mol. The first kappa shape index (κ1) is 22.3. The van der Waals surface area contributed by atoms with Gasteiger partial charge in [0.15, 0.2) is 9.84 Å². The molecule has 0 bridgehead atoms. The van der Waals surface area contributed by atoms with Gasteiger partial charge in [0, 0.05) is 12.8 Å². The van der Waals surface area contributed by atoms with E-state index in [2.05, 4.69) is 11.8 Å². The fourth-order valence-corrected chi connectivity index (χ4v) is 5.72. The lowest BCUT2D eigenvalue weighted by atomic mass is 9.87. The zero-order valence-corrected chi connectivity index (χ0v) is 19.7. The molecule has 2 aromatic carbocycles. The topological polar surface area (TPSA) is 46.6 Å². The van der Waals surface area contributed by atoms with Gasteiger partial charge in [-0.2, -0.15) is 0 Å². The minimum Gasteiger partial charge on any atom is -0.493 e. The SMILES string of the molecule is CC1(CN2CCC(COc3ccc(-c4ccc(S(C)(=O)=O)cc4)cc3)CC2)CCCC1. The number of hydrogen-bond donors (Lipinski definition) is 0. The van der Waals surface area contributed by atoms with Gasteiger partial charge in [-0.25, -0.2) is 8.42 Å². The number of hydrogen-bond acceptors (Lipinski definition) is 4. The highest BCUT2D eigenvalue weighted by Crippen LogP contribution is 2.38. The first-order valence-corrected chi connectivity index (χ1v) is 13.5. The third kappa shape index (κ3) is 5.89. The molecule has 1 aliphatic heterocycles. The van der Waals surface area contributed by atoms with Crippen LogP contribution in [0.2, 0.25) is 0 Å². The largest absolute Gasteiger partial charge is 0.493 e. The van der Waals surface area contributed by atoms with Crippen LogP contribution in [0.1, 0.15) is 45.4 Å². The van der Waals surface area contributed by atoms with Crippen molar-refractivity contribution < 1.29 is 13.2 Å². The van der Waals surface area contributed by atoms with Gasteiger partial charge >= 0.3 is 0 Å². The summed E-state index contributed by atoms with van der Waals surface area (Å²) < 4.78 is 29.3. The fourth-order valence-electron chi connectivity index (χ4n) is 5.09. The van der Waals surface area contributed by atoms with Crippen LogP contribution in [-0.2, 0) is 9.84 Å². The van der Waals surface area contributed by atoms with Crippen molar-refractivity contribution >= 4 is 9.84 Å². The Morgan fingerprint density at radius 2 is 1.48 bits per heavy atom. The standard InChI is InChI=1S/C26H35NO3S/c1-26(15-3-4-16-26)20-27-17-13-21(14-18-27)19-30-24-9-5-22(6-10-24)23-7-11-25(12-8-23)31(2,28)29/h5-12,21H,3-4,13-20H2,1-2H3. The Hall–Kier alpha value is -1.85. The van der Waals surface area contributed by atoms with E-state index in [-0.39, 0.29) is 0 Å². The van der Waals surface area contributed by atoms with Crippen LogP contribution in [0.3, 0.4) is 0 Å². The lowest BCUT2D eigenvalue weighted by Crippen LogP contribution is -2.41. The Balaban J connectivity index is 1.24. The lowest BCUT2D eigenvalue weighted by Gasteiger charge is -2.37. The van der Waals surface area contributed by atoms with Gasteiger partial charge in [0.05, 0.1) is 11.5 Å². The predicted octanol–water partition coefficient (Wildman–Crippen LogP) is 5.43. The summed E-state index contributed by atoms with van der Waals surface area (Å²) in [6.07, 6.45) is 9.29. The van der Waals surface area contributed by atoms with Crippen LogP contribution in [0, 0.1) is 11.3 Å². The number of likely N-dealkylation sites (tertiary alicyclic amines) is 1. The Morgan fingerprint density at radius 3 is 2.03 bits per heavy atom. The molecule has 0 radical (unpaired) electrons. The van der Waals surface area contributed by atoms with Crippen LogP contribution in [0.4, 0.5) is 0 Å². The van der Waals surface area contributed by atoms with Crippen molar-refractivity contribution in [3.63, 3.8) is 0 Å². The zero-order valence-electron chi connectivity index (χ0n) is 18.8. The van der Waals surface area contributed by atoms with Crippen LogP contribution < -0.4 is 4.74 Å². The third-order valence-corrected chi connectivity index (χ3v) is 8.21. The van der Waals surface area contributed by atoms with Crippen molar-refractivity contribution in [1.29, 1.82) is 0 Å². The molecule has 0 unspecified atom stereocenters. The van der Waals surface area contributed by atoms with Gasteiger partial charge in [0.25, 0.3) is 0 Å². The molecular weight excluding hydrogens is 406 g/mol. The van der Waals surface area contributed by atoms with E-state index in [9.17, 15) is 8.42 Å². The molecule has 31 heavy (non-hydrogen) atoms. The van der Waals surface area contributed by atoms with Crippen LogP contribution in [-0.4, -0.2) is 45.8 Å². The second kappa shape index (κ2) is 9.33. The van der Waals surface area contributed by atoms with Crippen LogP contribution in [0.5, 0.6) is 5.75 Å². The minimum atomic E-state index is -3.16. The van der Waals surface area contributed by atoms with Crippen molar-refractivity contribution in [2.45, 2.75) is 50.3 Å². The molecule has 5 heteroatoms. The quantitative estimate of drug-likeness (QED) is 0.575. The highest BCUT2D eigenvalue weighted by molar-refractivity contribution is 7.90. The molecule has 1 heterocycles. The number of ether oxygens (including phenoxy) is 1. The van der Waals surface area contributed by atoms with Crippen molar-refractivity contribution in [3.05, 3.63) is 48.5 Å². The summed E-state index contributed by atoms with van der Waals surface area (Å²) >= 11 is 0. The first-order valence-electron chi connectivity index (χ1n) is 11.6. The minimum absolute atomic E-state index is 0.347. The van der Waals surface area contributed by atoms with Crippen molar-refractivity contribution in [1.82, 2.24) is 4.90 Å². The summed E-state index contributed by atoms with van der Waals surface area (Å²) in [5.74, 6) is 1.54. The van der Waals surface area contributed by atoms with Crippen LogP contribution in [0.15, 0.2) is 53.4 Å². The van der Waals surface area contributed by atoms with E-state index in [1.54, 1.807) is 12.1 Å². The van der Waals surface area contributed by atoms with E-state index >= 15 is 0 Å². The summed E-state index contributed by atoms with van der Waals surface area (Å²) in [4.78, 5) is 3.02. The molecule has 0 aromatic heterocycles. The first-order chi connectivity index (χ1) is 14.8. The molecule has 4 rings (SSSR count). The Morgan fingerprint density at radius 1 is 0.935 bits per heavy atom. The number of piperidine rings is 1. The van der Waals surface area contributed by atoms with Gasteiger partial charge in [-0.05, 0) is 85.5 Å². The molecule has 0 atom stereocenters. The molecule has 1 aliphatic carbocycles. The second-order valence-electron chi connectivity index (χ2n) is 9.87. The van der Waals surface area contributed by atoms with E-state index in [0.29, 0.717) is 16.2 Å². The Bertz CT molecular complexity index is 953. The average Bonchev–Trinajstić information content (AvgIpc) is 3.19. The Labute approximate surface area is 187 Å². The maximum atomic E-state index is 11.6. The number of sulfone groups is 1. The third-order valence-electron chi connectivity index (χ3n) is 7.08. The molecular formula is C26H35NO3S. The van der Waals surface area contributed by atoms with E-state index in [1.807, 2.05) is 36.4 Å². The summed E-state index contributed by atoms with van der Waals surface area (Å²) in [6.45, 7) is 6.93. The van der Waals surface area contributed by atoms with Gasteiger partial charge in [0.1, 0.15) is 5.75 Å². The number of nitrogens with zero attached hydrogens (tertiary/aromatic N) is 1. The number of benzene rings is 2. The van der Waals surface area contributed by atoms with Crippen LogP contribution >= 0.6 is 0 Å². The van der Waals surface area contributed by atoms with Gasteiger partial charge < -0.3 is 9.64 Å². The van der Waals surface area contributed by atoms with Crippen molar-refractivity contribution in [2.75, 3.05) is 32.5 Å². The van der Waals surface area contributed by atoms with E-state index < -0.39 is 9.84 Å². The maximum Gasteiger partial charge on any atom is 0.175 e. The highest BCUT2D eigenvalue weighted by Gasteiger charge is 2.32. The summed E-state index contributed by atoms with van der Waals surface area (Å²) in [6, 6.07) is 15.1. The molecule has 0 amide bonds. The highest BCUT2D eigenvalue weighted by atomic mass is 32.2. The van der Waals surface area contributed by atoms with Gasteiger partial charge in [-0.3, -0.25) is 0 Å². The molecule has 0 spiro atoms. The van der Waals surface area contributed by atoms with Gasteiger partial charge in [-0.15, -0.1) is 0 Å². The van der Waals surface area contributed by atoms with Crippen molar-refractivity contribution in [3.8, 4) is 16.9 Å². The lowest BCUT2D eigenvalue weighted by molar-refractivity contribution is 0.102. The van der Waals surface area contributed by atoms with E-state index in [1.165, 1.54) is 64.4 Å². The molecule has 1 saturated heterocycles. The molecule has 2 aliphatic rings. The summed E-state index contributed by atoms with van der Waals surface area (Å²) in [5, 5.41) is 0. The number of rotatable bonds is 7. The zero-order chi connectivity index (χ0) is 21.9. The predicted molar refractivity (Wildman–Crippen MR) is 126 cm³/mol. The fraction of sp³-hybridized carbons (Fsp3) is 0.538.